The summed E-state index contributed by atoms with van der Waals surface area (Å²) in [7, 11) is 0. The monoisotopic (exact) mass is 1050 g/mol. The first-order chi connectivity index (χ1) is 37.6. The zero-order valence-electron chi connectivity index (χ0n) is 45.9. The van der Waals surface area contributed by atoms with E-state index in [9.17, 15) is 24.0 Å². The second-order valence-electron chi connectivity index (χ2n) is 19.7. The van der Waals surface area contributed by atoms with Crippen LogP contribution in [0, 0.1) is 0 Å². The molecule has 0 radical (unpaired) electrons. The number of ether oxygens (including phenoxy) is 7. The summed E-state index contributed by atoms with van der Waals surface area (Å²) in [6.45, 7) is 7.72. The van der Waals surface area contributed by atoms with Gasteiger partial charge in [-0.05, 0) is 173 Å². The maximum Gasteiger partial charge on any atom is 0.343 e. The Morgan fingerprint density at radius 2 is 0.584 bits per heavy atom. The summed E-state index contributed by atoms with van der Waals surface area (Å²) in [6.07, 6.45) is 26.7. The van der Waals surface area contributed by atoms with Gasteiger partial charge >= 0.3 is 29.8 Å². The third-order valence-electron chi connectivity index (χ3n) is 13.2. The Labute approximate surface area is 457 Å². The average molecular weight is 1060 g/mol. The van der Waals surface area contributed by atoms with Crippen LogP contribution in [0.4, 0.5) is 0 Å². The molecule has 5 rings (SSSR count). The molecule has 0 aliphatic carbocycles. The van der Waals surface area contributed by atoms with E-state index >= 15 is 0 Å². The summed E-state index contributed by atoms with van der Waals surface area (Å²) in [6, 6.07) is 32.1. The molecule has 0 saturated heterocycles. The molecule has 12 heteroatoms. The van der Waals surface area contributed by atoms with Crippen LogP contribution < -0.4 is 23.7 Å². The van der Waals surface area contributed by atoms with Crippen LogP contribution in [0.2, 0.25) is 0 Å². The van der Waals surface area contributed by atoms with Crippen LogP contribution in [-0.2, 0) is 9.47 Å². The van der Waals surface area contributed by atoms with Crippen molar-refractivity contribution in [2.45, 2.75) is 175 Å². The second kappa shape index (κ2) is 36.1. The number of hydrogen-bond donors (Lipinski definition) is 0. The van der Waals surface area contributed by atoms with Crippen molar-refractivity contribution in [1.82, 2.24) is 0 Å². The van der Waals surface area contributed by atoms with Crippen LogP contribution in [0.1, 0.15) is 220 Å². The zero-order valence-corrected chi connectivity index (χ0v) is 45.9. The van der Waals surface area contributed by atoms with E-state index in [4.69, 9.17) is 33.2 Å². The van der Waals surface area contributed by atoms with Crippen molar-refractivity contribution in [3.8, 4) is 28.7 Å². The predicted molar refractivity (Wildman–Crippen MR) is 301 cm³/mol. The van der Waals surface area contributed by atoms with Gasteiger partial charge in [-0.3, -0.25) is 0 Å². The Morgan fingerprint density at radius 1 is 0.312 bits per heavy atom. The van der Waals surface area contributed by atoms with Gasteiger partial charge in [0.15, 0.2) is 0 Å². The topological polar surface area (TPSA) is 150 Å². The molecule has 0 bridgehead atoms. The maximum atomic E-state index is 12.8. The molecular formula is C65H82O12. The van der Waals surface area contributed by atoms with Crippen LogP contribution in [0.3, 0.4) is 0 Å². The fourth-order valence-corrected chi connectivity index (χ4v) is 8.50. The molecule has 12 nitrogen and oxygen atoms in total. The first kappa shape index (κ1) is 60.9. The first-order valence-electron chi connectivity index (χ1n) is 28.4. The van der Waals surface area contributed by atoms with Gasteiger partial charge < -0.3 is 33.2 Å². The molecule has 5 aromatic carbocycles. The lowest BCUT2D eigenvalue weighted by molar-refractivity contribution is 0.0318. The van der Waals surface area contributed by atoms with E-state index in [1.807, 2.05) is 6.92 Å². The summed E-state index contributed by atoms with van der Waals surface area (Å²) in [5.41, 5.74) is 1.73. The fraction of sp³-hybridized carbons (Fsp3) is 0.462. The van der Waals surface area contributed by atoms with E-state index in [0.717, 1.165) is 63.5 Å². The van der Waals surface area contributed by atoms with E-state index in [0.29, 0.717) is 53.4 Å². The van der Waals surface area contributed by atoms with Gasteiger partial charge in [0.1, 0.15) is 28.7 Å². The summed E-state index contributed by atoms with van der Waals surface area (Å²) in [5.74, 6) is -0.340. The van der Waals surface area contributed by atoms with Gasteiger partial charge in [-0.15, -0.1) is 0 Å². The molecule has 1 atom stereocenters. The molecule has 77 heavy (non-hydrogen) atoms. The van der Waals surface area contributed by atoms with Crippen LogP contribution in [-0.4, -0.2) is 55.8 Å². The van der Waals surface area contributed by atoms with Crippen molar-refractivity contribution in [1.29, 1.82) is 0 Å². The van der Waals surface area contributed by atoms with Crippen molar-refractivity contribution in [2.75, 3.05) is 19.8 Å². The summed E-state index contributed by atoms with van der Waals surface area (Å²) in [4.78, 5) is 63.6. The molecule has 0 fully saturated rings. The Kier molecular flexibility index (Phi) is 28.6. The Hall–Kier alpha value is -6.95. The number of esters is 5. The molecule has 5 aromatic rings. The molecule has 0 aromatic heterocycles. The number of carbonyl (C=O) groups is 5. The van der Waals surface area contributed by atoms with Crippen LogP contribution in [0.15, 0.2) is 121 Å². The number of rotatable bonds is 38. The maximum absolute atomic E-state index is 12.8. The largest absolute Gasteiger partial charge is 0.494 e. The molecule has 0 aliphatic rings. The van der Waals surface area contributed by atoms with Crippen molar-refractivity contribution >= 4 is 29.8 Å². The zero-order chi connectivity index (χ0) is 54.7. The highest BCUT2D eigenvalue weighted by molar-refractivity contribution is 5.94. The highest BCUT2D eigenvalue weighted by atomic mass is 16.6. The Morgan fingerprint density at radius 3 is 0.935 bits per heavy atom. The van der Waals surface area contributed by atoms with Crippen molar-refractivity contribution < 1.29 is 57.1 Å². The Balaban J connectivity index is 0.867. The minimum Gasteiger partial charge on any atom is -0.494 e. The van der Waals surface area contributed by atoms with Gasteiger partial charge in [-0.1, -0.05) is 117 Å². The number of carbonyl (C=O) groups excluding carboxylic acids is 5. The molecule has 0 amide bonds. The van der Waals surface area contributed by atoms with Gasteiger partial charge in [-0.25, -0.2) is 24.0 Å². The van der Waals surface area contributed by atoms with Gasteiger partial charge in [0.25, 0.3) is 0 Å². The normalized spacial score (nSPS) is 11.3. The average Bonchev–Trinajstić information content (AvgIpc) is 3.44. The lowest BCUT2D eigenvalue weighted by Gasteiger charge is -2.13. The van der Waals surface area contributed by atoms with Crippen molar-refractivity contribution in [3.05, 3.63) is 149 Å². The molecular weight excluding hydrogens is 973 g/mol. The molecule has 0 heterocycles. The smallest absolute Gasteiger partial charge is 0.343 e. The third-order valence-corrected chi connectivity index (χ3v) is 13.2. The van der Waals surface area contributed by atoms with Crippen LogP contribution in [0.5, 0.6) is 28.7 Å². The van der Waals surface area contributed by atoms with E-state index in [-0.39, 0.29) is 29.8 Å². The van der Waals surface area contributed by atoms with Gasteiger partial charge in [0.05, 0.1) is 53.7 Å². The van der Waals surface area contributed by atoms with E-state index in [1.54, 1.807) is 97.1 Å². The highest BCUT2D eigenvalue weighted by Gasteiger charge is 2.16. The quantitative estimate of drug-likeness (QED) is 0.0210. The molecule has 0 aliphatic heterocycles. The van der Waals surface area contributed by atoms with E-state index in [2.05, 4.69) is 13.8 Å². The number of unbranched alkanes of at least 4 members (excludes halogenated alkanes) is 19. The molecule has 0 saturated carbocycles. The summed E-state index contributed by atoms with van der Waals surface area (Å²) >= 11 is 0. The predicted octanol–water partition coefficient (Wildman–Crippen LogP) is 16.5. The minimum absolute atomic E-state index is 0.179. The summed E-state index contributed by atoms with van der Waals surface area (Å²) < 4.78 is 39.3. The minimum atomic E-state index is -0.605. The molecule has 414 valence electrons. The second-order valence-corrected chi connectivity index (χ2v) is 19.7. The van der Waals surface area contributed by atoms with E-state index < -0.39 is 29.8 Å². The SMILES string of the molecule is CCCCCCCCCCCCCCCCOc1ccc(C(=O)Oc2ccc(C(=O)OCCCCCCOc3ccc(C(=O)Oc4ccc(C(=O)Oc5ccc(C(=O)OC(C)CCCCCC)cc5)cc4)cc3)cc2)cc1. The lowest BCUT2D eigenvalue weighted by Crippen LogP contribution is -2.15. The third kappa shape index (κ3) is 24.3. The van der Waals surface area contributed by atoms with Gasteiger partial charge in [0, 0.05) is 0 Å². The van der Waals surface area contributed by atoms with Crippen molar-refractivity contribution in [2.24, 2.45) is 0 Å². The molecule has 0 spiro atoms. The summed E-state index contributed by atoms with van der Waals surface area (Å²) in [5, 5.41) is 0. The lowest BCUT2D eigenvalue weighted by atomic mass is 10.0. The highest BCUT2D eigenvalue weighted by Crippen LogP contribution is 2.22. The number of benzene rings is 5. The van der Waals surface area contributed by atoms with Gasteiger partial charge in [-0.2, -0.15) is 0 Å². The fourth-order valence-electron chi connectivity index (χ4n) is 8.50. The van der Waals surface area contributed by atoms with Gasteiger partial charge in [0.2, 0.25) is 0 Å². The van der Waals surface area contributed by atoms with E-state index in [1.165, 1.54) is 108 Å². The molecule has 0 N–H and O–H groups in total. The first-order valence-corrected chi connectivity index (χ1v) is 28.4. The Bertz CT molecular complexity index is 2460. The van der Waals surface area contributed by atoms with Crippen LogP contribution >= 0.6 is 0 Å². The molecule has 1 unspecified atom stereocenters. The van der Waals surface area contributed by atoms with Crippen molar-refractivity contribution in [3.63, 3.8) is 0 Å². The number of hydrogen-bond acceptors (Lipinski definition) is 12. The van der Waals surface area contributed by atoms with Crippen LogP contribution in [0.25, 0.3) is 0 Å². The standard InChI is InChI=1S/C65H82O12/c1-4-6-8-10-11-12-13-14-15-16-17-18-19-23-47-71-56-37-27-53(28-38-56)63(68)75-58-41-31-51(32-42-58)61(66)73-49-25-21-20-24-48-72-57-39-29-54(30-40-57)64(69)76-60-45-35-55(36-46-60)65(70)77-59-43-33-52(34-44-59)62(67)74-50(3)26-22-9-7-5-2/h27-46,50H,4-26,47-49H2,1-3H3.